The van der Waals surface area contributed by atoms with Gasteiger partial charge in [0.15, 0.2) is 5.78 Å². The normalized spacial score (nSPS) is 13.4. The maximum atomic E-state index is 12.9. The number of ketones is 1. The molecule has 0 spiro atoms. The van der Waals surface area contributed by atoms with Gasteiger partial charge < -0.3 is 0 Å². The molecule has 0 amide bonds. The lowest BCUT2D eigenvalue weighted by atomic mass is 9.97. The van der Waals surface area contributed by atoms with Gasteiger partial charge in [-0.15, -0.1) is 0 Å². The van der Waals surface area contributed by atoms with Crippen molar-refractivity contribution in [2.24, 2.45) is 0 Å². The quantitative estimate of drug-likeness (QED) is 0.747. The molecule has 6 nitrogen and oxygen atoms in total. The van der Waals surface area contributed by atoms with Crippen molar-refractivity contribution in [1.29, 1.82) is 5.26 Å². The van der Waals surface area contributed by atoms with Crippen molar-refractivity contribution in [2.45, 2.75) is 52.1 Å². The lowest BCUT2D eigenvalue weighted by molar-refractivity contribution is 0.0967. The van der Waals surface area contributed by atoms with E-state index < -0.39 is 11.2 Å². The molecule has 1 aliphatic rings. The van der Waals surface area contributed by atoms with E-state index in [4.69, 9.17) is 0 Å². The molecule has 0 aliphatic heterocycles. The summed E-state index contributed by atoms with van der Waals surface area (Å²) in [5.41, 5.74) is 1.13. The molecule has 6 heteroatoms. The summed E-state index contributed by atoms with van der Waals surface area (Å²) < 4.78 is 2.31. The number of nitrogens with zero attached hydrogens (tertiary/aromatic N) is 3. The van der Waals surface area contributed by atoms with Gasteiger partial charge in [-0.1, -0.05) is 26.0 Å². The van der Waals surface area contributed by atoms with Crippen molar-refractivity contribution in [3.05, 3.63) is 67.5 Å². The summed E-state index contributed by atoms with van der Waals surface area (Å²) in [6, 6.07) is 7.59. The summed E-state index contributed by atoms with van der Waals surface area (Å²) in [7, 11) is 0. The first-order valence-electron chi connectivity index (χ1n) is 8.91. The minimum atomic E-state index is -0.701. The van der Waals surface area contributed by atoms with Crippen LogP contribution in [0.15, 0.2) is 34.0 Å². The number of Topliss-reactive ketones (excluding diaryl/α,β-unsaturated/α-hetero) is 1. The van der Waals surface area contributed by atoms with E-state index in [-0.39, 0.29) is 23.9 Å². The van der Waals surface area contributed by atoms with E-state index in [1.807, 2.05) is 38.1 Å². The Morgan fingerprint density at radius 3 is 2.54 bits per heavy atom. The van der Waals surface area contributed by atoms with Gasteiger partial charge in [0.25, 0.3) is 5.56 Å². The first-order chi connectivity index (χ1) is 12.5. The standard InChI is InChI=1S/C20H21N3O3/c1-3-13-5-6-14(4-2)17(9-13)18(24)12-23-19(25)15(10-21)11-22(20(23)26)16-7-8-16/h5-6,9,11,16H,3-4,7-8,12H2,1-2H3. The lowest BCUT2D eigenvalue weighted by Gasteiger charge is -2.12. The van der Waals surface area contributed by atoms with Crippen molar-refractivity contribution in [3.8, 4) is 6.07 Å². The largest absolute Gasteiger partial charge is 0.331 e. The molecule has 1 fully saturated rings. The van der Waals surface area contributed by atoms with E-state index in [1.54, 1.807) is 0 Å². The van der Waals surface area contributed by atoms with E-state index in [2.05, 4.69) is 0 Å². The fraction of sp³-hybridized carbons (Fsp3) is 0.400. The van der Waals surface area contributed by atoms with E-state index >= 15 is 0 Å². The molecule has 0 radical (unpaired) electrons. The van der Waals surface area contributed by atoms with E-state index in [0.29, 0.717) is 12.0 Å². The Balaban J connectivity index is 2.06. The summed E-state index contributed by atoms with van der Waals surface area (Å²) in [4.78, 5) is 38.0. The van der Waals surface area contributed by atoms with Crippen LogP contribution in [0.3, 0.4) is 0 Å². The Morgan fingerprint density at radius 2 is 1.96 bits per heavy atom. The van der Waals surface area contributed by atoms with Gasteiger partial charge in [0.05, 0.1) is 6.54 Å². The van der Waals surface area contributed by atoms with Crippen LogP contribution in [0.1, 0.15) is 59.8 Å². The highest BCUT2D eigenvalue weighted by Gasteiger charge is 2.27. The van der Waals surface area contributed by atoms with Crippen LogP contribution < -0.4 is 11.2 Å². The highest BCUT2D eigenvalue weighted by Crippen LogP contribution is 2.33. The van der Waals surface area contributed by atoms with Gasteiger partial charge in [-0.25, -0.2) is 4.79 Å². The molecule has 26 heavy (non-hydrogen) atoms. The minimum Gasteiger partial charge on any atom is -0.296 e. The molecule has 2 aromatic rings. The zero-order valence-corrected chi connectivity index (χ0v) is 15.0. The second-order valence-electron chi connectivity index (χ2n) is 6.59. The molecule has 1 saturated carbocycles. The number of hydrogen-bond donors (Lipinski definition) is 0. The molecule has 134 valence electrons. The topological polar surface area (TPSA) is 84.9 Å². The zero-order chi connectivity index (χ0) is 18.8. The SMILES string of the molecule is CCc1ccc(CC)c(C(=O)Cn2c(=O)c(C#N)cn(C3CC3)c2=O)c1. The Morgan fingerprint density at radius 1 is 1.23 bits per heavy atom. The number of nitriles is 1. The third-order valence-corrected chi connectivity index (χ3v) is 4.82. The van der Waals surface area contributed by atoms with Gasteiger partial charge in [-0.05, 0) is 42.9 Å². The molecule has 0 N–H and O–H groups in total. The van der Waals surface area contributed by atoms with Crippen LogP contribution >= 0.6 is 0 Å². The average molecular weight is 351 g/mol. The lowest BCUT2D eigenvalue weighted by Crippen LogP contribution is -2.42. The molecule has 0 saturated heterocycles. The van der Waals surface area contributed by atoms with Crippen LogP contribution in [-0.4, -0.2) is 14.9 Å². The highest BCUT2D eigenvalue weighted by molar-refractivity contribution is 5.97. The third kappa shape index (κ3) is 3.25. The van der Waals surface area contributed by atoms with Crippen LogP contribution in [0.4, 0.5) is 0 Å². The van der Waals surface area contributed by atoms with Crippen molar-refractivity contribution < 1.29 is 4.79 Å². The van der Waals surface area contributed by atoms with Gasteiger partial charge in [-0.3, -0.25) is 18.7 Å². The van der Waals surface area contributed by atoms with Crippen molar-refractivity contribution >= 4 is 5.78 Å². The Labute approximate surface area is 151 Å². The van der Waals surface area contributed by atoms with Crippen LogP contribution in [0.5, 0.6) is 0 Å². The molecule has 1 aromatic heterocycles. The predicted octanol–water partition coefficient (Wildman–Crippen LogP) is 2.22. The van der Waals surface area contributed by atoms with Crippen molar-refractivity contribution in [2.75, 3.05) is 0 Å². The number of carbonyl (C=O) groups excluding carboxylic acids is 1. The Kier molecular flexibility index (Phi) is 4.90. The number of aromatic nitrogens is 2. The fourth-order valence-corrected chi connectivity index (χ4v) is 3.09. The maximum Gasteiger partial charge on any atom is 0.331 e. The molecule has 1 heterocycles. The summed E-state index contributed by atoms with van der Waals surface area (Å²) >= 11 is 0. The molecule has 0 unspecified atom stereocenters. The molecular weight excluding hydrogens is 330 g/mol. The molecular formula is C20H21N3O3. The van der Waals surface area contributed by atoms with E-state index in [0.717, 1.165) is 35.0 Å². The molecule has 1 aromatic carbocycles. The average Bonchev–Trinajstić information content (AvgIpc) is 3.49. The molecule has 0 atom stereocenters. The van der Waals surface area contributed by atoms with Crippen LogP contribution in [0, 0.1) is 11.3 Å². The monoisotopic (exact) mass is 351 g/mol. The van der Waals surface area contributed by atoms with Gasteiger partial charge in [0, 0.05) is 17.8 Å². The summed E-state index contributed by atoms with van der Waals surface area (Å²) in [5, 5.41) is 9.20. The number of rotatable bonds is 6. The van der Waals surface area contributed by atoms with Crippen LogP contribution in [0.25, 0.3) is 0 Å². The minimum absolute atomic E-state index is 0.0196. The summed E-state index contributed by atoms with van der Waals surface area (Å²) in [5.74, 6) is -0.284. The van der Waals surface area contributed by atoms with Gasteiger partial charge in [0.2, 0.25) is 0 Å². The molecule has 3 rings (SSSR count). The number of hydrogen-bond acceptors (Lipinski definition) is 4. The maximum absolute atomic E-state index is 12.9. The van der Waals surface area contributed by atoms with Crippen molar-refractivity contribution in [3.63, 3.8) is 0 Å². The van der Waals surface area contributed by atoms with E-state index in [9.17, 15) is 19.6 Å². The van der Waals surface area contributed by atoms with Gasteiger partial charge in [0.1, 0.15) is 11.6 Å². The number of benzene rings is 1. The summed E-state index contributed by atoms with van der Waals surface area (Å²) in [6.45, 7) is 3.62. The third-order valence-electron chi connectivity index (χ3n) is 4.82. The highest BCUT2D eigenvalue weighted by atomic mass is 16.2. The van der Waals surface area contributed by atoms with Crippen LogP contribution in [0.2, 0.25) is 0 Å². The first kappa shape index (κ1) is 17.9. The zero-order valence-electron chi connectivity index (χ0n) is 15.0. The second kappa shape index (κ2) is 7.12. The Hall–Kier alpha value is -2.94. The second-order valence-corrected chi connectivity index (χ2v) is 6.59. The van der Waals surface area contributed by atoms with Crippen molar-refractivity contribution in [1.82, 2.24) is 9.13 Å². The predicted molar refractivity (Wildman–Crippen MR) is 97.5 cm³/mol. The Bertz CT molecular complexity index is 1020. The molecule has 0 bridgehead atoms. The fourth-order valence-electron chi connectivity index (χ4n) is 3.09. The summed E-state index contributed by atoms with van der Waals surface area (Å²) in [6.07, 6.45) is 4.48. The smallest absolute Gasteiger partial charge is 0.296 e. The number of carbonyl (C=O) groups is 1. The van der Waals surface area contributed by atoms with Gasteiger partial charge in [-0.2, -0.15) is 5.26 Å². The van der Waals surface area contributed by atoms with Gasteiger partial charge >= 0.3 is 5.69 Å². The number of aryl methyl sites for hydroxylation is 2. The van der Waals surface area contributed by atoms with Crippen LogP contribution in [-0.2, 0) is 19.4 Å². The first-order valence-corrected chi connectivity index (χ1v) is 8.91. The van der Waals surface area contributed by atoms with E-state index in [1.165, 1.54) is 10.8 Å². The molecule has 1 aliphatic carbocycles.